The molecular weight excluding hydrogens is 278 g/mol. The molecule has 6 nitrogen and oxygen atoms in total. The summed E-state index contributed by atoms with van der Waals surface area (Å²) < 4.78 is 1.82. The number of aromatic amines is 1. The van der Waals surface area contributed by atoms with Crippen LogP contribution >= 0.6 is 0 Å². The molecule has 112 valence electrons. The van der Waals surface area contributed by atoms with Crippen LogP contribution in [0.4, 0.5) is 5.82 Å². The molecule has 0 aliphatic heterocycles. The van der Waals surface area contributed by atoms with Crippen molar-refractivity contribution in [1.82, 2.24) is 19.6 Å². The van der Waals surface area contributed by atoms with E-state index in [0.29, 0.717) is 17.4 Å². The fourth-order valence-electron chi connectivity index (χ4n) is 3.07. The van der Waals surface area contributed by atoms with Gasteiger partial charge in [-0.1, -0.05) is 18.9 Å². The Bertz CT molecular complexity index is 780. The van der Waals surface area contributed by atoms with E-state index < -0.39 is 0 Å². The first-order valence-corrected chi connectivity index (χ1v) is 7.60. The van der Waals surface area contributed by atoms with Gasteiger partial charge in [-0.2, -0.15) is 5.10 Å². The van der Waals surface area contributed by atoms with Crippen molar-refractivity contribution in [1.29, 1.82) is 0 Å². The van der Waals surface area contributed by atoms with Gasteiger partial charge < -0.3 is 9.72 Å². The summed E-state index contributed by atoms with van der Waals surface area (Å²) in [7, 11) is 0. The molecular formula is C16H17N5O. The minimum atomic E-state index is -0.242. The van der Waals surface area contributed by atoms with Crippen molar-refractivity contribution in [3.63, 3.8) is 0 Å². The summed E-state index contributed by atoms with van der Waals surface area (Å²) in [6.07, 6.45) is 8.52. The Hall–Kier alpha value is -2.63. The van der Waals surface area contributed by atoms with Gasteiger partial charge in [0.1, 0.15) is 11.3 Å². The number of nitrogens with one attached hydrogen (secondary N) is 2. The van der Waals surface area contributed by atoms with Crippen molar-refractivity contribution in [3.05, 3.63) is 48.0 Å². The molecule has 1 saturated carbocycles. The summed E-state index contributed by atoms with van der Waals surface area (Å²) in [6.45, 7) is 0. The highest BCUT2D eigenvalue weighted by molar-refractivity contribution is 6.02. The zero-order chi connectivity index (χ0) is 14.9. The average Bonchev–Trinajstić information content (AvgIpc) is 3.26. The van der Waals surface area contributed by atoms with Crippen LogP contribution in [0.25, 0.3) is 5.65 Å². The van der Waals surface area contributed by atoms with E-state index in [1.54, 1.807) is 6.20 Å². The molecule has 6 heteroatoms. The second kappa shape index (κ2) is 5.29. The van der Waals surface area contributed by atoms with Crippen LogP contribution in [0, 0.1) is 0 Å². The Balaban J connectivity index is 1.51. The fourth-order valence-corrected chi connectivity index (χ4v) is 3.07. The molecule has 0 aromatic carbocycles. The quantitative estimate of drug-likeness (QED) is 0.780. The minimum Gasteiger partial charge on any atom is -0.306 e. The summed E-state index contributed by atoms with van der Waals surface area (Å²) in [5, 5.41) is 10.0. The zero-order valence-electron chi connectivity index (χ0n) is 12.1. The Morgan fingerprint density at radius 2 is 2.18 bits per heavy atom. The largest absolute Gasteiger partial charge is 0.306 e. The third-order valence-electron chi connectivity index (χ3n) is 4.23. The third kappa shape index (κ3) is 2.36. The van der Waals surface area contributed by atoms with E-state index in [4.69, 9.17) is 0 Å². The maximum Gasteiger partial charge on any atom is 0.277 e. The number of hydrogen-bond acceptors (Lipinski definition) is 3. The third-order valence-corrected chi connectivity index (χ3v) is 4.23. The number of nitrogens with zero attached hydrogens (tertiary/aromatic N) is 3. The number of H-pyrrole nitrogens is 1. The van der Waals surface area contributed by atoms with Gasteiger partial charge in [-0.05, 0) is 25.0 Å². The van der Waals surface area contributed by atoms with Crippen molar-refractivity contribution >= 4 is 17.4 Å². The van der Waals surface area contributed by atoms with E-state index >= 15 is 0 Å². The van der Waals surface area contributed by atoms with Gasteiger partial charge in [-0.25, -0.2) is 4.98 Å². The van der Waals surface area contributed by atoms with E-state index in [1.165, 1.54) is 25.7 Å². The number of fused-ring (bicyclic) bond motifs is 1. The predicted octanol–water partition coefficient (Wildman–Crippen LogP) is 2.97. The number of hydrogen-bond donors (Lipinski definition) is 2. The normalized spacial score (nSPS) is 15.5. The number of amides is 1. The van der Waals surface area contributed by atoms with Gasteiger partial charge in [-0.15, -0.1) is 0 Å². The zero-order valence-corrected chi connectivity index (χ0v) is 12.1. The van der Waals surface area contributed by atoms with Gasteiger partial charge in [0.25, 0.3) is 5.91 Å². The first kappa shape index (κ1) is 13.1. The van der Waals surface area contributed by atoms with E-state index in [1.807, 2.05) is 34.9 Å². The number of pyridine rings is 1. The summed E-state index contributed by atoms with van der Waals surface area (Å²) >= 11 is 0. The predicted molar refractivity (Wildman–Crippen MR) is 82.9 cm³/mol. The van der Waals surface area contributed by atoms with Gasteiger partial charge in [0.2, 0.25) is 0 Å². The lowest BCUT2D eigenvalue weighted by Crippen LogP contribution is -2.12. The molecule has 1 amide bonds. The number of imidazole rings is 1. The smallest absolute Gasteiger partial charge is 0.277 e. The van der Waals surface area contributed by atoms with E-state index in [2.05, 4.69) is 20.5 Å². The van der Waals surface area contributed by atoms with E-state index in [9.17, 15) is 4.79 Å². The molecule has 2 N–H and O–H groups in total. The van der Waals surface area contributed by atoms with Crippen molar-refractivity contribution in [2.75, 3.05) is 5.32 Å². The van der Waals surface area contributed by atoms with Crippen molar-refractivity contribution in [3.8, 4) is 0 Å². The van der Waals surface area contributed by atoms with Crippen LogP contribution in [0.2, 0.25) is 0 Å². The lowest BCUT2D eigenvalue weighted by molar-refractivity contribution is 0.102. The van der Waals surface area contributed by atoms with Crippen LogP contribution in [-0.4, -0.2) is 25.5 Å². The maximum absolute atomic E-state index is 12.3. The second-order valence-electron chi connectivity index (χ2n) is 5.74. The van der Waals surface area contributed by atoms with Crippen LogP contribution in [0.15, 0.2) is 36.7 Å². The molecule has 1 aliphatic carbocycles. The monoisotopic (exact) mass is 295 g/mol. The number of aromatic nitrogens is 4. The Labute approximate surface area is 127 Å². The first-order valence-electron chi connectivity index (χ1n) is 7.60. The highest BCUT2D eigenvalue weighted by Gasteiger charge is 2.20. The maximum atomic E-state index is 12.3. The molecule has 0 bridgehead atoms. The van der Waals surface area contributed by atoms with Gasteiger partial charge in [0, 0.05) is 30.1 Å². The first-order chi connectivity index (χ1) is 10.8. The molecule has 0 unspecified atom stereocenters. The molecule has 0 saturated heterocycles. The Morgan fingerprint density at radius 1 is 1.32 bits per heavy atom. The van der Waals surface area contributed by atoms with Crippen LogP contribution < -0.4 is 5.32 Å². The van der Waals surface area contributed by atoms with Gasteiger partial charge >= 0.3 is 0 Å². The molecule has 3 heterocycles. The molecule has 22 heavy (non-hydrogen) atoms. The van der Waals surface area contributed by atoms with Crippen LogP contribution in [0.1, 0.15) is 47.8 Å². The number of carbonyl (C=O) groups excluding carboxylic acids is 1. The lowest BCUT2D eigenvalue weighted by Gasteiger charge is -2.03. The van der Waals surface area contributed by atoms with Gasteiger partial charge in [0.05, 0.1) is 0 Å². The average molecular weight is 295 g/mol. The fraction of sp³-hybridized carbons (Fsp3) is 0.312. The van der Waals surface area contributed by atoms with Crippen LogP contribution in [-0.2, 0) is 0 Å². The van der Waals surface area contributed by atoms with Crippen molar-refractivity contribution < 1.29 is 4.79 Å². The highest BCUT2D eigenvalue weighted by Crippen LogP contribution is 2.33. The van der Waals surface area contributed by atoms with Crippen LogP contribution in [0.3, 0.4) is 0 Å². The topological polar surface area (TPSA) is 75.1 Å². The Morgan fingerprint density at radius 3 is 3.00 bits per heavy atom. The van der Waals surface area contributed by atoms with Gasteiger partial charge in [0.15, 0.2) is 5.82 Å². The Kier molecular flexibility index (Phi) is 3.14. The standard InChI is InChI=1S/C16H17N5O/c22-16(13-10-21-8-4-3-7-15(21)17-13)18-14-9-12(19-20-14)11-5-1-2-6-11/h3-4,7-11H,1-2,5-6H2,(H2,18,19,20,22). The summed E-state index contributed by atoms with van der Waals surface area (Å²) in [5.41, 5.74) is 2.25. The lowest BCUT2D eigenvalue weighted by atomic mass is 10.0. The second-order valence-corrected chi connectivity index (χ2v) is 5.74. The molecule has 0 radical (unpaired) electrons. The number of anilines is 1. The summed E-state index contributed by atoms with van der Waals surface area (Å²) in [4.78, 5) is 16.6. The molecule has 4 rings (SSSR count). The van der Waals surface area contributed by atoms with Gasteiger partial charge in [-0.3, -0.25) is 9.89 Å². The van der Waals surface area contributed by atoms with Crippen molar-refractivity contribution in [2.45, 2.75) is 31.6 Å². The minimum absolute atomic E-state index is 0.242. The molecule has 3 aromatic heterocycles. The van der Waals surface area contributed by atoms with E-state index in [0.717, 1.165) is 11.3 Å². The number of rotatable bonds is 3. The van der Waals surface area contributed by atoms with Crippen molar-refractivity contribution in [2.24, 2.45) is 0 Å². The highest BCUT2D eigenvalue weighted by atomic mass is 16.2. The molecule has 3 aromatic rings. The summed E-state index contributed by atoms with van der Waals surface area (Å²) in [5.74, 6) is 0.866. The molecule has 1 aliphatic rings. The summed E-state index contributed by atoms with van der Waals surface area (Å²) in [6, 6.07) is 7.59. The molecule has 0 atom stereocenters. The molecule has 1 fully saturated rings. The van der Waals surface area contributed by atoms with Crippen LogP contribution in [0.5, 0.6) is 0 Å². The van der Waals surface area contributed by atoms with E-state index in [-0.39, 0.29) is 5.91 Å². The molecule has 0 spiro atoms. The number of carbonyl (C=O) groups is 1. The SMILES string of the molecule is O=C(Nc1cc(C2CCCC2)[nH]n1)c1cn2ccccc2n1.